The van der Waals surface area contributed by atoms with Gasteiger partial charge < -0.3 is 14.8 Å². The normalized spacial score (nSPS) is 25.7. The monoisotopic (exact) mass is 318 g/mol. The summed E-state index contributed by atoms with van der Waals surface area (Å²) in [5.74, 6) is 1.17. The number of rotatable bonds is 6. The Morgan fingerprint density at radius 3 is 3.04 bits per heavy atom. The average molecular weight is 318 g/mol. The van der Waals surface area contributed by atoms with Gasteiger partial charge in [-0.25, -0.2) is 4.98 Å². The van der Waals surface area contributed by atoms with Crippen LogP contribution in [0.5, 0.6) is 5.88 Å². The largest absolute Gasteiger partial charge is 0.475 e. The zero-order chi connectivity index (χ0) is 16.2. The lowest BCUT2D eigenvalue weighted by Gasteiger charge is -2.30. The molecule has 5 heteroatoms. The molecular formula is C18H26N2O3. The summed E-state index contributed by atoms with van der Waals surface area (Å²) < 4.78 is 11.5. The Labute approximate surface area is 137 Å². The first-order valence-electron chi connectivity index (χ1n) is 8.71. The summed E-state index contributed by atoms with van der Waals surface area (Å²) in [6.07, 6.45) is 7.31. The van der Waals surface area contributed by atoms with E-state index >= 15 is 0 Å². The molecule has 3 rings (SSSR count). The van der Waals surface area contributed by atoms with Crippen LogP contribution in [0.1, 0.15) is 56.3 Å². The predicted molar refractivity (Wildman–Crippen MR) is 87.6 cm³/mol. The van der Waals surface area contributed by atoms with Crippen molar-refractivity contribution in [3.8, 4) is 5.88 Å². The van der Waals surface area contributed by atoms with Crippen LogP contribution in [-0.4, -0.2) is 35.7 Å². The summed E-state index contributed by atoms with van der Waals surface area (Å²) in [4.78, 5) is 16.7. The molecule has 0 spiro atoms. The van der Waals surface area contributed by atoms with Crippen molar-refractivity contribution in [3.63, 3.8) is 0 Å². The number of carbonyl (C=O) groups is 1. The summed E-state index contributed by atoms with van der Waals surface area (Å²) in [5, 5.41) is 3.14. The van der Waals surface area contributed by atoms with E-state index in [1.54, 1.807) is 18.3 Å². The quantitative estimate of drug-likeness (QED) is 0.876. The Morgan fingerprint density at radius 2 is 2.30 bits per heavy atom. The molecule has 1 amide bonds. The number of amides is 1. The van der Waals surface area contributed by atoms with Crippen LogP contribution in [0.15, 0.2) is 18.3 Å². The minimum atomic E-state index is -0.0529. The lowest BCUT2D eigenvalue weighted by molar-refractivity contribution is -0.0102. The molecule has 1 saturated heterocycles. The van der Waals surface area contributed by atoms with Crippen LogP contribution in [0.4, 0.5) is 0 Å². The molecule has 1 saturated carbocycles. The van der Waals surface area contributed by atoms with E-state index in [1.165, 1.54) is 12.8 Å². The van der Waals surface area contributed by atoms with Gasteiger partial charge >= 0.3 is 0 Å². The number of hydrogen-bond acceptors (Lipinski definition) is 4. The molecule has 0 bridgehead atoms. The highest BCUT2D eigenvalue weighted by Gasteiger charge is 2.36. The molecule has 1 aliphatic carbocycles. The van der Waals surface area contributed by atoms with E-state index in [-0.39, 0.29) is 18.1 Å². The maximum atomic E-state index is 12.5. The van der Waals surface area contributed by atoms with Crippen molar-refractivity contribution in [3.05, 3.63) is 23.9 Å². The minimum Gasteiger partial charge on any atom is -0.475 e. The van der Waals surface area contributed by atoms with Crippen LogP contribution < -0.4 is 10.1 Å². The van der Waals surface area contributed by atoms with Gasteiger partial charge in [-0.1, -0.05) is 6.92 Å². The average Bonchev–Trinajstić information content (AvgIpc) is 3.40. The highest BCUT2D eigenvalue weighted by Crippen LogP contribution is 2.38. The highest BCUT2D eigenvalue weighted by molar-refractivity contribution is 5.94. The third-order valence-electron chi connectivity index (χ3n) is 4.69. The Hall–Kier alpha value is -1.62. The van der Waals surface area contributed by atoms with E-state index in [0.717, 1.165) is 25.9 Å². The summed E-state index contributed by atoms with van der Waals surface area (Å²) in [6.45, 7) is 4.79. The third-order valence-corrected chi connectivity index (χ3v) is 4.69. The first kappa shape index (κ1) is 16.2. The summed E-state index contributed by atoms with van der Waals surface area (Å²) in [7, 11) is 0. The van der Waals surface area contributed by atoms with Crippen LogP contribution in [0, 0.1) is 5.92 Å². The minimum absolute atomic E-state index is 0.0529. The second-order valence-corrected chi connectivity index (χ2v) is 6.66. The Kier molecular flexibility index (Phi) is 5.16. The maximum absolute atomic E-state index is 12.5. The van der Waals surface area contributed by atoms with Gasteiger partial charge in [0.15, 0.2) is 0 Å². The number of hydrogen-bond donors (Lipinski definition) is 1. The fourth-order valence-electron chi connectivity index (χ4n) is 2.93. The Balaban J connectivity index is 1.58. The SMILES string of the molecule is CCC(C)Oc1cc(C(=O)NC2CCOC(C3CC3)C2)ccn1. The zero-order valence-electron chi connectivity index (χ0n) is 14.0. The number of nitrogens with zero attached hydrogens (tertiary/aromatic N) is 1. The van der Waals surface area contributed by atoms with Crippen LogP contribution in [0.25, 0.3) is 0 Å². The van der Waals surface area contributed by atoms with Crippen molar-refractivity contribution < 1.29 is 14.3 Å². The number of carbonyl (C=O) groups excluding carboxylic acids is 1. The molecule has 5 nitrogen and oxygen atoms in total. The Bertz CT molecular complexity index is 545. The Morgan fingerprint density at radius 1 is 1.48 bits per heavy atom. The van der Waals surface area contributed by atoms with E-state index in [4.69, 9.17) is 9.47 Å². The molecule has 1 aromatic heterocycles. The van der Waals surface area contributed by atoms with Crippen molar-refractivity contribution in [1.29, 1.82) is 0 Å². The fraction of sp³-hybridized carbons (Fsp3) is 0.667. The van der Waals surface area contributed by atoms with Crippen molar-refractivity contribution >= 4 is 5.91 Å². The number of ether oxygens (including phenoxy) is 2. The zero-order valence-corrected chi connectivity index (χ0v) is 14.0. The number of pyridine rings is 1. The number of nitrogens with one attached hydrogen (secondary N) is 1. The second-order valence-electron chi connectivity index (χ2n) is 6.66. The van der Waals surface area contributed by atoms with E-state index in [0.29, 0.717) is 23.5 Å². The summed E-state index contributed by atoms with van der Waals surface area (Å²) in [5.41, 5.74) is 0.604. The van der Waals surface area contributed by atoms with Crippen molar-refractivity contribution in [2.75, 3.05) is 6.61 Å². The van der Waals surface area contributed by atoms with Crippen molar-refractivity contribution in [1.82, 2.24) is 10.3 Å². The third kappa shape index (κ3) is 4.44. The van der Waals surface area contributed by atoms with Crippen LogP contribution in [0.2, 0.25) is 0 Å². The van der Waals surface area contributed by atoms with Gasteiger partial charge in [0, 0.05) is 30.5 Å². The molecule has 0 aromatic carbocycles. The molecule has 1 aliphatic heterocycles. The van der Waals surface area contributed by atoms with Crippen molar-refractivity contribution in [2.45, 2.75) is 64.2 Å². The molecule has 2 aliphatic rings. The number of aromatic nitrogens is 1. The molecule has 2 fully saturated rings. The topological polar surface area (TPSA) is 60.5 Å². The smallest absolute Gasteiger partial charge is 0.251 e. The standard InChI is InChI=1S/C18H26N2O3/c1-3-12(2)23-17-10-14(6-8-19-17)18(21)20-15-7-9-22-16(11-15)13-4-5-13/h6,8,10,12-13,15-16H,3-5,7,9,11H2,1-2H3,(H,20,21). The molecule has 1 N–H and O–H groups in total. The van der Waals surface area contributed by atoms with Crippen LogP contribution >= 0.6 is 0 Å². The lowest BCUT2D eigenvalue weighted by atomic mass is 10.00. The van der Waals surface area contributed by atoms with Crippen molar-refractivity contribution in [2.24, 2.45) is 5.92 Å². The summed E-state index contributed by atoms with van der Waals surface area (Å²) in [6, 6.07) is 3.66. The highest BCUT2D eigenvalue weighted by atomic mass is 16.5. The maximum Gasteiger partial charge on any atom is 0.251 e. The molecule has 3 atom stereocenters. The first-order valence-corrected chi connectivity index (χ1v) is 8.71. The molecule has 2 heterocycles. The van der Waals surface area contributed by atoms with Gasteiger partial charge in [0.05, 0.1) is 12.2 Å². The van der Waals surface area contributed by atoms with Gasteiger partial charge in [-0.2, -0.15) is 0 Å². The van der Waals surface area contributed by atoms with Gasteiger partial charge in [0.1, 0.15) is 0 Å². The van der Waals surface area contributed by atoms with Crippen LogP contribution in [-0.2, 0) is 4.74 Å². The molecule has 3 unspecified atom stereocenters. The van der Waals surface area contributed by atoms with Gasteiger partial charge in [-0.05, 0) is 51.0 Å². The van der Waals surface area contributed by atoms with E-state index in [9.17, 15) is 4.79 Å². The molecule has 126 valence electrons. The first-order chi connectivity index (χ1) is 11.2. The van der Waals surface area contributed by atoms with Gasteiger partial charge in [0.25, 0.3) is 5.91 Å². The second kappa shape index (κ2) is 7.30. The summed E-state index contributed by atoms with van der Waals surface area (Å²) >= 11 is 0. The fourth-order valence-corrected chi connectivity index (χ4v) is 2.93. The molecule has 0 radical (unpaired) electrons. The molecule has 1 aromatic rings. The molecular weight excluding hydrogens is 292 g/mol. The lowest BCUT2D eigenvalue weighted by Crippen LogP contribution is -2.42. The van der Waals surface area contributed by atoms with Gasteiger partial charge in [-0.3, -0.25) is 4.79 Å². The van der Waals surface area contributed by atoms with Crippen LogP contribution in [0.3, 0.4) is 0 Å². The predicted octanol–water partition coefficient (Wildman–Crippen LogP) is 2.95. The van der Waals surface area contributed by atoms with Gasteiger partial charge in [-0.15, -0.1) is 0 Å². The molecule has 23 heavy (non-hydrogen) atoms. The van der Waals surface area contributed by atoms with E-state index in [1.807, 2.05) is 6.92 Å². The van der Waals surface area contributed by atoms with E-state index in [2.05, 4.69) is 17.2 Å². The van der Waals surface area contributed by atoms with E-state index < -0.39 is 0 Å². The van der Waals surface area contributed by atoms with Gasteiger partial charge in [0.2, 0.25) is 5.88 Å².